The first-order valence-electron chi connectivity index (χ1n) is 14.3. The Hall–Kier alpha value is -4.70. The molecule has 0 aliphatic heterocycles. The van der Waals surface area contributed by atoms with Crippen LogP contribution in [0.15, 0.2) is 72.8 Å². The van der Waals surface area contributed by atoms with Gasteiger partial charge in [-0.05, 0) is 45.9 Å². The van der Waals surface area contributed by atoms with E-state index >= 15 is 0 Å². The number of carbonyl (C=O) groups excluding carboxylic acids is 4. The molecule has 0 radical (unpaired) electrons. The molecule has 6 N–H and O–H groups in total. The second-order valence-corrected chi connectivity index (χ2v) is 10.9. The number of amides is 3. The van der Waals surface area contributed by atoms with Crippen LogP contribution in [0, 0.1) is 5.92 Å². The third-order valence-corrected chi connectivity index (χ3v) is 7.94. The van der Waals surface area contributed by atoms with E-state index in [9.17, 15) is 24.3 Å². The first-order valence-corrected chi connectivity index (χ1v) is 14.3. The summed E-state index contributed by atoms with van der Waals surface area (Å²) in [4.78, 5) is 50.9. The number of aldehydes is 1. The lowest BCUT2D eigenvalue weighted by Crippen LogP contribution is -2.61. The molecule has 1 aliphatic carbocycles. The second-order valence-electron chi connectivity index (χ2n) is 10.9. The SMILES string of the molecule is CCC(C)C(NC(=O)OCC1c2ccccc2-c2ccccc21)C(=O)NC(C=O)(CNc1ccc(CO)cc1)CC(N)=O. The van der Waals surface area contributed by atoms with Gasteiger partial charge in [0, 0.05) is 18.2 Å². The minimum absolute atomic E-state index is 0.0770. The molecule has 0 aromatic heterocycles. The van der Waals surface area contributed by atoms with E-state index in [0.717, 1.165) is 22.3 Å². The highest BCUT2D eigenvalue weighted by molar-refractivity contribution is 5.91. The van der Waals surface area contributed by atoms with Crippen LogP contribution in [0.25, 0.3) is 11.1 Å². The lowest BCUT2D eigenvalue weighted by Gasteiger charge is -2.32. The summed E-state index contributed by atoms with van der Waals surface area (Å²) in [6.45, 7) is 3.49. The van der Waals surface area contributed by atoms with E-state index in [-0.39, 0.29) is 31.6 Å². The van der Waals surface area contributed by atoms with Crippen molar-refractivity contribution in [3.63, 3.8) is 0 Å². The molecule has 0 bridgehead atoms. The maximum absolute atomic E-state index is 13.6. The van der Waals surface area contributed by atoms with Gasteiger partial charge in [-0.2, -0.15) is 0 Å². The van der Waals surface area contributed by atoms with Crippen LogP contribution in [0.1, 0.15) is 49.3 Å². The number of primary amides is 1. The predicted molar refractivity (Wildman–Crippen MR) is 163 cm³/mol. The van der Waals surface area contributed by atoms with Gasteiger partial charge >= 0.3 is 6.09 Å². The van der Waals surface area contributed by atoms with Gasteiger partial charge in [-0.25, -0.2) is 4.79 Å². The van der Waals surface area contributed by atoms with Crippen molar-refractivity contribution in [2.45, 2.75) is 50.8 Å². The van der Waals surface area contributed by atoms with Crippen molar-refractivity contribution >= 4 is 29.9 Å². The van der Waals surface area contributed by atoms with Crippen molar-refractivity contribution in [2.24, 2.45) is 11.7 Å². The van der Waals surface area contributed by atoms with E-state index in [4.69, 9.17) is 10.5 Å². The smallest absolute Gasteiger partial charge is 0.407 e. The number of benzene rings is 3. The highest BCUT2D eigenvalue weighted by atomic mass is 16.5. The molecular formula is C33H38N4O6. The number of hydrogen-bond acceptors (Lipinski definition) is 7. The van der Waals surface area contributed by atoms with Crippen molar-refractivity contribution in [1.82, 2.24) is 10.6 Å². The Bertz CT molecular complexity index is 1410. The van der Waals surface area contributed by atoms with Crippen LogP contribution in [-0.2, 0) is 25.7 Å². The van der Waals surface area contributed by atoms with Crippen molar-refractivity contribution in [3.05, 3.63) is 89.5 Å². The number of ether oxygens (including phenoxy) is 1. The van der Waals surface area contributed by atoms with Gasteiger partial charge in [-0.1, -0.05) is 80.9 Å². The average molecular weight is 587 g/mol. The molecule has 0 saturated heterocycles. The molecule has 3 amide bonds. The van der Waals surface area contributed by atoms with E-state index in [1.165, 1.54) is 0 Å². The van der Waals surface area contributed by atoms with Crippen LogP contribution >= 0.6 is 0 Å². The molecular weight excluding hydrogens is 548 g/mol. The molecule has 3 unspecified atom stereocenters. The number of fused-ring (bicyclic) bond motifs is 3. The Morgan fingerprint density at radius 3 is 2.14 bits per heavy atom. The van der Waals surface area contributed by atoms with E-state index < -0.39 is 35.9 Å². The van der Waals surface area contributed by atoms with Crippen LogP contribution in [-0.4, -0.2) is 54.0 Å². The van der Waals surface area contributed by atoms with Gasteiger partial charge in [0.15, 0.2) is 0 Å². The zero-order valence-corrected chi connectivity index (χ0v) is 24.3. The Kier molecular flexibility index (Phi) is 10.2. The topological polar surface area (TPSA) is 160 Å². The molecule has 0 heterocycles. The Morgan fingerprint density at radius 1 is 1.00 bits per heavy atom. The summed E-state index contributed by atoms with van der Waals surface area (Å²) >= 11 is 0. The Labute approximate surface area is 251 Å². The molecule has 4 rings (SSSR count). The number of aliphatic hydroxyl groups is 1. The fourth-order valence-corrected chi connectivity index (χ4v) is 5.35. The molecule has 0 spiro atoms. The van der Waals surface area contributed by atoms with Gasteiger partial charge in [0.05, 0.1) is 13.0 Å². The molecule has 10 nitrogen and oxygen atoms in total. The highest BCUT2D eigenvalue weighted by Crippen LogP contribution is 2.44. The normalized spacial score (nSPS) is 14.8. The van der Waals surface area contributed by atoms with E-state index in [2.05, 4.69) is 16.0 Å². The number of carbonyl (C=O) groups is 4. The summed E-state index contributed by atoms with van der Waals surface area (Å²) in [5, 5.41) is 17.7. The van der Waals surface area contributed by atoms with E-state index in [0.29, 0.717) is 24.0 Å². The Morgan fingerprint density at radius 2 is 1.60 bits per heavy atom. The summed E-state index contributed by atoms with van der Waals surface area (Å²) in [5.41, 5.74) is 9.41. The molecule has 0 saturated carbocycles. The standard InChI is InChI=1S/C33H38N4O6/c1-3-21(2)30(31(41)37-33(20-39,16-29(34)40)19-35-23-14-12-22(17-38)13-15-23)36-32(42)43-18-28-26-10-6-4-8-24(26)25-9-5-7-11-27(25)28/h4-15,20-21,28,30,35,38H,3,16-19H2,1-2H3,(H2,34,40)(H,36,42)(H,37,41). The first kappa shape index (κ1) is 31.2. The zero-order chi connectivity index (χ0) is 31.0. The molecule has 10 heteroatoms. The lowest BCUT2D eigenvalue weighted by atomic mass is 9.93. The first-order chi connectivity index (χ1) is 20.7. The number of aliphatic hydroxyl groups excluding tert-OH is 1. The molecule has 3 atom stereocenters. The predicted octanol–water partition coefficient (Wildman–Crippen LogP) is 3.47. The van der Waals surface area contributed by atoms with Crippen molar-refractivity contribution in [3.8, 4) is 11.1 Å². The van der Waals surface area contributed by atoms with Gasteiger partial charge in [0.2, 0.25) is 11.8 Å². The van der Waals surface area contributed by atoms with Crippen molar-refractivity contribution in [2.75, 3.05) is 18.5 Å². The Balaban J connectivity index is 1.45. The third kappa shape index (κ3) is 7.39. The second kappa shape index (κ2) is 14.0. The van der Waals surface area contributed by atoms with Gasteiger partial charge in [0.25, 0.3) is 0 Å². The highest BCUT2D eigenvalue weighted by Gasteiger charge is 2.38. The quantitative estimate of drug-likeness (QED) is 0.181. The van der Waals surface area contributed by atoms with Crippen molar-refractivity contribution < 1.29 is 29.0 Å². The number of nitrogens with two attached hydrogens (primary N) is 1. The minimum atomic E-state index is -1.67. The van der Waals surface area contributed by atoms with E-state index in [1.807, 2.05) is 55.5 Å². The maximum atomic E-state index is 13.6. The number of nitrogens with one attached hydrogen (secondary N) is 3. The van der Waals surface area contributed by atoms with E-state index in [1.54, 1.807) is 31.2 Å². The van der Waals surface area contributed by atoms with Gasteiger partial charge in [-0.15, -0.1) is 0 Å². The van der Waals surface area contributed by atoms with Crippen LogP contribution < -0.4 is 21.7 Å². The number of anilines is 1. The number of hydrogen-bond donors (Lipinski definition) is 5. The monoisotopic (exact) mass is 586 g/mol. The van der Waals surface area contributed by atoms with Crippen molar-refractivity contribution in [1.29, 1.82) is 0 Å². The van der Waals surface area contributed by atoms with Crippen LogP contribution in [0.3, 0.4) is 0 Å². The summed E-state index contributed by atoms with van der Waals surface area (Å²) < 4.78 is 5.66. The summed E-state index contributed by atoms with van der Waals surface area (Å²) in [6.07, 6.45) is -0.203. The molecule has 43 heavy (non-hydrogen) atoms. The average Bonchev–Trinajstić information content (AvgIpc) is 3.34. The lowest BCUT2D eigenvalue weighted by molar-refractivity contribution is -0.131. The van der Waals surface area contributed by atoms with Gasteiger partial charge in [0.1, 0.15) is 24.5 Å². The molecule has 226 valence electrons. The third-order valence-electron chi connectivity index (χ3n) is 7.94. The summed E-state index contributed by atoms with van der Waals surface area (Å²) in [6, 6.07) is 21.7. The fraction of sp³-hybridized carbons (Fsp3) is 0.333. The zero-order valence-electron chi connectivity index (χ0n) is 24.3. The van der Waals surface area contributed by atoms with Gasteiger partial charge in [-0.3, -0.25) is 9.59 Å². The molecule has 3 aromatic carbocycles. The largest absolute Gasteiger partial charge is 0.449 e. The number of alkyl carbamates (subject to hydrolysis) is 1. The van der Waals surface area contributed by atoms with Crippen LogP contribution in [0.2, 0.25) is 0 Å². The van der Waals surface area contributed by atoms with Crippen LogP contribution in [0.4, 0.5) is 10.5 Å². The maximum Gasteiger partial charge on any atom is 0.407 e. The minimum Gasteiger partial charge on any atom is -0.449 e. The summed E-state index contributed by atoms with van der Waals surface area (Å²) in [7, 11) is 0. The van der Waals surface area contributed by atoms with Gasteiger partial charge < -0.3 is 36.3 Å². The summed E-state index contributed by atoms with van der Waals surface area (Å²) in [5.74, 6) is -1.90. The fourth-order valence-electron chi connectivity index (χ4n) is 5.35. The molecule has 1 aliphatic rings. The molecule has 0 fully saturated rings. The number of rotatable bonds is 14. The molecule has 3 aromatic rings. The van der Waals surface area contributed by atoms with Crippen LogP contribution in [0.5, 0.6) is 0 Å².